The van der Waals surface area contributed by atoms with Crippen molar-refractivity contribution >= 4 is 11.5 Å². The van der Waals surface area contributed by atoms with Crippen LogP contribution in [0.4, 0.5) is 19.0 Å². The lowest BCUT2D eigenvalue weighted by atomic mass is 10.1. The predicted octanol–water partition coefficient (Wildman–Crippen LogP) is 1.05. The molecule has 2 aromatic heterocycles. The highest BCUT2D eigenvalue weighted by Crippen LogP contribution is 2.38. The summed E-state index contributed by atoms with van der Waals surface area (Å²) in [5.74, 6) is 2.06. The molecule has 0 amide bonds. The summed E-state index contributed by atoms with van der Waals surface area (Å²) in [4.78, 5) is 3.54. The van der Waals surface area contributed by atoms with E-state index in [9.17, 15) is 18.3 Å². The number of aromatic nitrogens is 4. The molecule has 1 unspecified atom stereocenters. The van der Waals surface area contributed by atoms with Gasteiger partial charge in [-0.1, -0.05) is 0 Å². The van der Waals surface area contributed by atoms with Gasteiger partial charge in [-0.2, -0.15) is 17.7 Å². The van der Waals surface area contributed by atoms with Crippen LogP contribution in [0.1, 0.15) is 24.6 Å². The third-order valence-electron chi connectivity index (χ3n) is 4.86. The van der Waals surface area contributed by atoms with Crippen LogP contribution in [-0.4, -0.2) is 74.8 Å². The van der Waals surface area contributed by atoms with Gasteiger partial charge < -0.3 is 10.0 Å². The number of fused-ring (bicyclic) bond motifs is 1. The first-order chi connectivity index (χ1) is 11.8. The van der Waals surface area contributed by atoms with E-state index in [1.807, 2.05) is 17.0 Å². The van der Waals surface area contributed by atoms with Crippen molar-refractivity contribution in [2.45, 2.75) is 37.1 Å². The van der Waals surface area contributed by atoms with Crippen LogP contribution in [0.15, 0.2) is 12.1 Å². The largest absolute Gasteiger partial charge is 0.415 e. The van der Waals surface area contributed by atoms with Gasteiger partial charge >= 0.3 is 6.18 Å². The molecular formula is C15H19F3N6O. The van der Waals surface area contributed by atoms with E-state index in [4.69, 9.17) is 0 Å². The van der Waals surface area contributed by atoms with Gasteiger partial charge in [-0.05, 0) is 32.0 Å². The summed E-state index contributed by atoms with van der Waals surface area (Å²) >= 11 is 0. The van der Waals surface area contributed by atoms with Gasteiger partial charge in [-0.25, -0.2) is 0 Å². The van der Waals surface area contributed by atoms with Crippen LogP contribution in [0, 0.1) is 0 Å². The average Bonchev–Trinajstić information content (AvgIpc) is 3.24. The number of rotatable bonds is 5. The molecule has 2 aromatic rings. The highest BCUT2D eigenvalue weighted by molar-refractivity contribution is 5.48. The maximum Gasteiger partial charge on any atom is 0.415 e. The molecule has 25 heavy (non-hydrogen) atoms. The Morgan fingerprint density at radius 3 is 2.64 bits per heavy atom. The molecule has 1 saturated heterocycles. The maximum absolute atomic E-state index is 12.5. The second-order valence-electron chi connectivity index (χ2n) is 6.85. The fraction of sp³-hybridized carbons (Fsp3) is 0.667. The van der Waals surface area contributed by atoms with Gasteiger partial charge in [0.25, 0.3) is 0 Å². The number of nitrogens with zero attached hydrogens (tertiary/aromatic N) is 6. The Bertz CT molecular complexity index is 768. The van der Waals surface area contributed by atoms with Crippen LogP contribution < -0.4 is 4.90 Å². The van der Waals surface area contributed by atoms with E-state index in [0.29, 0.717) is 24.7 Å². The van der Waals surface area contributed by atoms with Crippen LogP contribution in [0.25, 0.3) is 5.65 Å². The second kappa shape index (κ2) is 5.80. The lowest BCUT2D eigenvalue weighted by molar-refractivity contribution is -0.208. The van der Waals surface area contributed by atoms with Gasteiger partial charge in [0.1, 0.15) is 5.82 Å². The highest BCUT2D eigenvalue weighted by Gasteiger charge is 2.41. The van der Waals surface area contributed by atoms with Crippen molar-refractivity contribution in [2.75, 3.05) is 31.6 Å². The summed E-state index contributed by atoms with van der Waals surface area (Å²) in [7, 11) is 1.60. The average molecular weight is 356 g/mol. The van der Waals surface area contributed by atoms with Crippen LogP contribution >= 0.6 is 0 Å². The summed E-state index contributed by atoms with van der Waals surface area (Å²) in [5, 5.41) is 22.1. The summed E-state index contributed by atoms with van der Waals surface area (Å²) in [6.07, 6.45) is -4.70. The van der Waals surface area contributed by atoms with Crippen molar-refractivity contribution < 1.29 is 18.3 Å². The van der Waals surface area contributed by atoms with E-state index in [0.717, 1.165) is 24.5 Å². The number of halogens is 3. The zero-order chi connectivity index (χ0) is 17.8. The molecule has 1 atom stereocenters. The van der Waals surface area contributed by atoms with Crippen molar-refractivity contribution in [3.05, 3.63) is 18.0 Å². The first kappa shape index (κ1) is 16.5. The van der Waals surface area contributed by atoms with Gasteiger partial charge in [-0.3, -0.25) is 4.90 Å². The summed E-state index contributed by atoms with van der Waals surface area (Å²) in [6, 6.07) is 3.66. The molecule has 1 aliphatic heterocycles. The quantitative estimate of drug-likeness (QED) is 0.864. The topological polar surface area (TPSA) is 69.8 Å². The molecule has 10 heteroatoms. The van der Waals surface area contributed by atoms with Gasteiger partial charge in [0.2, 0.25) is 0 Å². The monoisotopic (exact) mass is 356 g/mol. The van der Waals surface area contributed by atoms with E-state index in [2.05, 4.69) is 15.3 Å². The van der Waals surface area contributed by atoms with E-state index in [-0.39, 0.29) is 6.04 Å². The molecule has 0 aromatic carbocycles. The standard InChI is InChI=1S/C15H19F3N6O/c1-22(8-11(25)15(16,17)18)10-6-23(7-10)13-5-4-12-19-20-14(9-2-3-9)24(12)21-13/h4-5,9-11,25H,2-3,6-8H2,1H3. The molecule has 0 spiro atoms. The minimum Gasteiger partial charge on any atom is -0.382 e. The first-order valence-electron chi connectivity index (χ1n) is 8.25. The molecule has 1 N–H and O–H groups in total. The van der Waals surface area contributed by atoms with Crippen molar-refractivity contribution in [1.29, 1.82) is 0 Å². The van der Waals surface area contributed by atoms with Crippen LogP contribution in [0.3, 0.4) is 0 Å². The second-order valence-corrected chi connectivity index (χ2v) is 6.85. The molecule has 1 aliphatic carbocycles. The number of alkyl halides is 3. The number of aliphatic hydroxyl groups is 1. The van der Waals surface area contributed by atoms with Crippen molar-refractivity contribution in [3.8, 4) is 0 Å². The lowest BCUT2D eigenvalue weighted by Gasteiger charge is -2.45. The van der Waals surface area contributed by atoms with Gasteiger partial charge in [-0.15, -0.1) is 15.3 Å². The van der Waals surface area contributed by atoms with E-state index in [1.54, 1.807) is 16.5 Å². The Labute approximate surface area is 142 Å². The minimum absolute atomic E-state index is 0.0432. The minimum atomic E-state index is -4.59. The number of likely N-dealkylation sites (N-methyl/N-ethyl adjacent to an activating group) is 1. The van der Waals surface area contributed by atoms with Crippen molar-refractivity contribution in [2.24, 2.45) is 0 Å². The van der Waals surface area contributed by atoms with Crippen molar-refractivity contribution in [1.82, 2.24) is 24.7 Å². The molecule has 0 radical (unpaired) electrons. The number of aliphatic hydroxyl groups excluding tert-OH is 1. The van der Waals surface area contributed by atoms with Crippen LogP contribution in [0.5, 0.6) is 0 Å². The molecular weight excluding hydrogens is 337 g/mol. The Morgan fingerprint density at radius 2 is 2.00 bits per heavy atom. The third kappa shape index (κ3) is 3.15. The smallest absolute Gasteiger partial charge is 0.382 e. The Balaban J connectivity index is 1.40. The normalized spacial score (nSPS) is 20.3. The molecule has 1 saturated carbocycles. The fourth-order valence-corrected chi connectivity index (χ4v) is 3.01. The molecule has 2 aliphatic rings. The Kier molecular flexibility index (Phi) is 3.84. The van der Waals surface area contributed by atoms with E-state index >= 15 is 0 Å². The number of hydrogen-bond acceptors (Lipinski definition) is 6. The van der Waals surface area contributed by atoms with Crippen molar-refractivity contribution in [3.63, 3.8) is 0 Å². The zero-order valence-electron chi connectivity index (χ0n) is 13.7. The molecule has 7 nitrogen and oxygen atoms in total. The molecule has 4 rings (SSSR count). The number of hydrogen-bond donors (Lipinski definition) is 1. The van der Waals surface area contributed by atoms with Gasteiger partial charge in [0, 0.05) is 31.6 Å². The van der Waals surface area contributed by atoms with Crippen LogP contribution in [0.2, 0.25) is 0 Å². The molecule has 136 valence electrons. The SMILES string of the molecule is CN(CC(O)C(F)(F)F)C1CN(c2ccc3nnc(C4CC4)n3n2)C1. The maximum atomic E-state index is 12.5. The van der Waals surface area contributed by atoms with Gasteiger partial charge in [0.15, 0.2) is 17.6 Å². The van der Waals surface area contributed by atoms with Crippen LogP contribution in [-0.2, 0) is 0 Å². The molecule has 0 bridgehead atoms. The first-order valence-corrected chi connectivity index (χ1v) is 8.25. The number of anilines is 1. The Morgan fingerprint density at radius 1 is 1.28 bits per heavy atom. The highest BCUT2D eigenvalue weighted by atomic mass is 19.4. The summed E-state index contributed by atoms with van der Waals surface area (Å²) in [6.45, 7) is 0.715. The third-order valence-corrected chi connectivity index (χ3v) is 4.86. The van der Waals surface area contributed by atoms with E-state index in [1.165, 1.54) is 0 Å². The molecule has 3 heterocycles. The van der Waals surface area contributed by atoms with Gasteiger partial charge in [0.05, 0.1) is 0 Å². The summed E-state index contributed by atoms with van der Waals surface area (Å²) < 4.78 is 39.1. The zero-order valence-corrected chi connectivity index (χ0v) is 13.7. The molecule has 2 fully saturated rings. The Hall–Kier alpha value is -1.94. The summed E-state index contributed by atoms with van der Waals surface area (Å²) in [5.41, 5.74) is 0.702. The predicted molar refractivity (Wildman–Crippen MR) is 83.4 cm³/mol. The fourth-order valence-electron chi connectivity index (χ4n) is 3.01. The lowest BCUT2D eigenvalue weighted by Crippen LogP contribution is -2.60. The van der Waals surface area contributed by atoms with E-state index < -0.39 is 18.8 Å².